The molecule has 7 heteroatoms. The maximum absolute atomic E-state index is 13.4. The fourth-order valence-corrected chi connectivity index (χ4v) is 4.58. The van der Waals surface area contributed by atoms with Gasteiger partial charge in [0.2, 0.25) is 5.91 Å². The van der Waals surface area contributed by atoms with Gasteiger partial charge in [-0.1, -0.05) is 49.4 Å². The number of carbonyl (C=O) groups excluding carboxylic acids is 1. The van der Waals surface area contributed by atoms with Crippen molar-refractivity contribution in [2.24, 2.45) is 0 Å². The van der Waals surface area contributed by atoms with Crippen LogP contribution in [0.1, 0.15) is 12.5 Å². The van der Waals surface area contributed by atoms with Crippen LogP contribution < -0.4 is 14.4 Å². The van der Waals surface area contributed by atoms with E-state index in [0.717, 1.165) is 9.87 Å². The molecule has 0 aliphatic heterocycles. The van der Waals surface area contributed by atoms with Crippen LogP contribution in [0.5, 0.6) is 5.75 Å². The van der Waals surface area contributed by atoms with Crippen LogP contribution in [0.25, 0.3) is 0 Å². The van der Waals surface area contributed by atoms with E-state index < -0.39 is 15.9 Å². The van der Waals surface area contributed by atoms with Crippen LogP contribution in [0.4, 0.5) is 11.4 Å². The quantitative estimate of drug-likeness (QED) is 0.591. The van der Waals surface area contributed by atoms with E-state index >= 15 is 0 Å². The lowest BCUT2D eigenvalue weighted by Gasteiger charge is -2.26. The van der Waals surface area contributed by atoms with E-state index in [1.54, 1.807) is 54.6 Å². The van der Waals surface area contributed by atoms with Crippen molar-refractivity contribution in [1.29, 1.82) is 0 Å². The molecule has 3 aromatic carbocycles. The first kappa shape index (κ1) is 21.4. The van der Waals surface area contributed by atoms with Gasteiger partial charge in [0.1, 0.15) is 12.3 Å². The second-order valence-corrected chi connectivity index (χ2v) is 8.45. The Labute approximate surface area is 177 Å². The molecular weight excluding hydrogens is 400 g/mol. The molecule has 0 radical (unpaired) electrons. The van der Waals surface area contributed by atoms with Gasteiger partial charge in [-0.05, 0) is 42.3 Å². The highest BCUT2D eigenvalue weighted by Gasteiger charge is 2.28. The Kier molecular flexibility index (Phi) is 6.74. The topological polar surface area (TPSA) is 75.7 Å². The van der Waals surface area contributed by atoms with E-state index in [0.29, 0.717) is 23.5 Å². The van der Waals surface area contributed by atoms with Gasteiger partial charge in [-0.3, -0.25) is 9.10 Å². The number of hydrogen-bond donors (Lipinski definition) is 1. The maximum Gasteiger partial charge on any atom is 0.264 e. The molecule has 0 bridgehead atoms. The molecule has 6 nitrogen and oxygen atoms in total. The highest BCUT2D eigenvalue weighted by molar-refractivity contribution is 7.92. The molecule has 1 amide bonds. The highest BCUT2D eigenvalue weighted by Crippen LogP contribution is 2.27. The third kappa shape index (κ3) is 4.80. The van der Waals surface area contributed by atoms with Crippen molar-refractivity contribution in [2.75, 3.05) is 23.3 Å². The largest absolute Gasteiger partial charge is 0.497 e. The zero-order valence-electron chi connectivity index (χ0n) is 16.9. The van der Waals surface area contributed by atoms with E-state index in [1.165, 1.54) is 19.2 Å². The monoisotopic (exact) mass is 424 g/mol. The lowest BCUT2D eigenvalue weighted by atomic mass is 10.1. The Morgan fingerprint density at radius 2 is 1.67 bits per heavy atom. The predicted molar refractivity (Wildman–Crippen MR) is 118 cm³/mol. The highest BCUT2D eigenvalue weighted by atomic mass is 32.2. The van der Waals surface area contributed by atoms with Gasteiger partial charge in [0.05, 0.1) is 17.7 Å². The number of amides is 1. The molecule has 30 heavy (non-hydrogen) atoms. The van der Waals surface area contributed by atoms with Gasteiger partial charge in [0, 0.05) is 11.8 Å². The first-order valence-electron chi connectivity index (χ1n) is 9.55. The summed E-state index contributed by atoms with van der Waals surface area (Å²) >= 11 is 0. The van der Waals surface area contributed by atoms with Crippen molar-refractivity contribution in [2.45, 2.75) is 18.2 Å². The number of nitrogens with one attached hydrogen (secondary N) is 1. The van der Waals surface area contributed by atoms with Gasteiger partial charge in [-0.2, -0.15) is 0 Å². The van der Waals surface area contributed by atoms with Gasteiger partial charge in [0.15, 0.2) is 0 Å². The van der Waals surface area contributed by atoms with Gasteiger partial charge < -0.3 is 10.1 Å². The number of anilines is 2. The molecule has 0 aliphatic rings. The number of ether oxygens (including phenoxy) is 1. The molecule has 0 fully saturated rings. The summed E-state index contributed by atoms with van der Waals surface area (Å²) in [7, 11) is -2.40. The van der Waals surface area contributed by atoms with Crippen molar-refractivity contribution in [3.05, 3.63) is 84.4 Å². The summed E-state index contributed by atoms with van der Waals surface area (Å²) in [4.78, 5) is 12.9. The number of hydrogen-bond acceptors (Lipinski definition) is 4. The first-order chi connectivity index (χ1) is 14.5. The Hall–Kier alpha value is -3.32. The number of methoxy groups -OCH3 is 1. The van der Waals surface area contributed by atoms with Crippen LogP contribution >= 0.6 is 0 Å². The van der Waals surface area contributed by atoms with Crippen molar-refractivity contribution in [3.8, 4) is 5.75 Å². The number of sulfonamides is 1. The minimum Gasteiger partial charge on any atom is -0.497 e. The smallest absolute Gasteiger partial charge is 0.264 e. The molecular formula is C23H24N2O4S. The third-order valence-electron chi connectivity index (χ3n) is 4.61. The van der Waals surface area contributed by atoms with E-state index in [2.05, 4.69) is 5.32 Å². The summed E-state index contributed by atoms with van der Waals surface area (Å²) in [6, 6.07) is 22.2. The fourth-order valence-electron chi connectivity index (χ4n) is 3.10. The summed E-state index contributed by atoms with van der Waals surface area (Å²) in [5, 5.41) is 2.75. The Morgan fingerprint density at radius 3 is 2.37 bits per heavy atom. The molecule has 0 aliphatic carbocycles. The Balaban J connectivity index is 1.96. The lowest BCUT2D eigenvalue weighted by Crippen LogP contribution is -2.38. The summed E-state index contributed by atoms with van der Waals surface area (Å²) < 4.78 is 33.2. The van der Waals surface area contributed by atoms with Crippen LogP contribution in [0, 0.1) is 0 Å². The molecule has 0 unspecified atom stereocenters. The second-order valence-electron chi connectivity index (χ2n) is 6.59. The van der Waals surface area contributed by atoms with Crippen molar-refractivity contribution in [1.82, 2.24) is 0 Å². The first-order valence-corrected chi connectivity index (χ1v) is 11.0. The average Bonchev–Trinajstić information content (AvgIpc) is 2.78. The van der Waals surface area contributed by atoms with Crippen LogP contribution in [-0.2, 0) is 21.2 Å². The van der Waals surface area contributed by atoms with Crippen LogP contribution in [0.3, 0.4) is 0 Å². The number of para-hydroxylation sites is 1. The van der Waals surface area contributed by atoms with Gasteiger partial charge in [0.25, 0.3) is 10.0 Å². The summed E-state index contributed by atoms with van der Waals surface area (Å²) in [6.45, 7) is 1.59. The summed E-state index contributed by atoms with van der Waals surface area (Å²) in [5.74, 6) is 0.145. The number of rotatable bonds is 8. The Bertz CT molecular complexity index is 1110. The Morgan fingerprint density at radius 1 is 0.967 bits per heavy atom. The molecule has 0 aromatic heterocycles. The molecule has 0 spiro atoms. The van der Waals surface area contributed by atoms with Crippen molar-refractivity contribution < 1.29 is 17.9 Å². The summed E-state index contributed by atoms with van der Waals surface area (Å²) in [5.41, 5.74) is 1.86. The number of benzene rings is 3. The molecule has 3 rings (SSSR count). The second kappa shape index (κ2) is 9.45. The van der Waals surface area contributed by atoms with Gasteiger partial charge in [-0.15, -0.1) is 0 Å². The zero-order chi connectivity index (χ0) is 21.6. The van der Waals surface area contributed by atoms with Crippen molar-refractivity contribution >= 4 is 27.3 Å². The molecule has 0 saturated carbocycles. The van der Waals surface area contributed by atoms with E-state index in [1.807, 2.05) is 19.1 Å². The van der Waals surface area contributed by atoms with Crippen molar-refractivity contribution in [3.63, 3.8) is 0 Å². The molecule has 156 valence electrons. The van der Waals surface area contributed by atoms with E-state index in [9.17, 15) is 13.2 Å². The third-order valence-corrected chi connectivity index (χ3v) is 6.39. The zero-order valence-corrected chi connectivity index (χ0v) is 17.7. The van der Waals surface area contributed by atoms with Crippen LogP contribution in [0.15, 0.2) is 83.8 Å². The predicted octanol–water partition coefficient (Wildman–Crippen LogP) is 4.09. The van der Waals surface area contributed by atoms with Gasteiger partial charge >= 0.3 is 0 Å². The van der Waals surface area contributed by atoms with Crippen LogP contribution in [0.2, 0.25) is 0 Å². The number of nitrogens with zero attached hydrogens (tertiary/aromatic N) is 1. The summed E-state index contributed by atoms with van der Waals surface area (Å²) in [6.07, 6.45) is 0.633. The minimum atomic E-state index is -3.94. The normalized spacial score (nSPS) is 11.0. The standard InChI is InChI=1S/C23H24N2O4S/c1-3-18-10-7-8-15-22(18)25(30(27,28)21-13-5-4-6-14-21)17-23(26)24-19-11-9-12-20(16-19)29-2/h4-16H,3,17H2,1-2H3,(H,24,26). The van der Waals surface area contributed by atoms with E-state index in [4.69, 9.17) is 4.74 Å². The molecule has 1 N–H and O–H groups in total. The molecule has 3 aromatic rings. The number of aryl methyl sites for hydroxylation is 1. The van der Waals surface area contributed by atoms with E-state index in [-0.39, 0.29) is 11.4 Å². The van der Waals surface area contributed by atoms with Crippen LogP contribution in [-0.4, -0.2) is 28.0 Å². The maximum atomic E-state index is 13.4. The average molecular weight is 425 g/mol. The van der Waals surface area contributed by atoms with Gasteiger partial charge in [-0.25, -0.2) is 8.42 Å². The molecule has 0 atom stereocenters. The molecule has 0 saturated heterocycles. The fraction of sp³-hybridized carbons (Fsp3) is 0.174. The minimum absolute atomic E-state index is 0.130. The number of carbonyl (C=O) groups is 1. The molecule has 0 heterocycles. The SMILES string of the molecule is CCc1ccccc1N(CC(=O)Nc1cccc(OC)c1)S(=O)(=O)c1ccccc1. The lowest BCUT2D eigenvalue weighted by molar-refractivity contribution is -0.114.